The molecule has 1 aromatic heterocycles. The third-order valence-corrected chi connectivity index (χ3v) is 5.15. The van der Waals surface area contributed by atoms with Gasteiger partial charge in [-0.2, -0.15) is 5.10 Å². The molecule has 0 fully saturated rings. The van der Waals surface area contributed by atoms with Crippen LogP contribution in [0.2, 0.25) is 0 Å². The highest BCUT2D eigenvalue weighted by Gasteiger charge is 2.16. The van der Waals surface area contributed by atoms with Gasteiger partial charge in [0.1, 0.15) is 0 Å². The molecule has 0 aliphatic rings. The maximum Gasteiger partial charge on any atom is 0.272 e. The summed E-state index contributed by atoms with van der Waals surface area (Å²) in [6.45, 7) is 6.39. The highest BCUT2D eigenvalue weighted by Crippen LogP contribution is 2.29. The van der Waals surface area contributed by atoms with E-state index in [1.165, 1.54) is 0 Å². The van der Waals surface area contributed by atoms with Gasteiger partial charge in [-0.3, -0.25) is 9.52 Å². The van der Waals surface area contributed by atoms with Crippen LogP contribution >= 0.6 is 0 Å². The van der Waals surface area contributed by atoms with Gasteiger partial charge < -0.3 is 0 Å². The molecule has 2 N–H and O–H groups in total. The fourth-order valence-electron chi connectivity index (χ4n) is 2.98. The van der Waals surface area contributed by atoms with E-state index in [2.05, 4.69) is 41.8 Å². The van der Waals surface area contributed by atoms with E-state index >= 15 is 0 Å². The molecule has 0 spiro atoms. The Kier molecular flexibility index (Phi) is 5.94. The first-order chi connectivity index (χ1) is 14.0. The van der Waals surface area contributed by atoms with Crippen molar-refractivity contribution in [3.63, 3.8) is 0 Å². The fourth-order valence-corrected chi connectivity index (χ4v) is 3.54. The van der Waals surface area contributed by atoms with Crippen molar-refractivity contribution in [1.82, 2.24) is 10.2 Å². The molecule has 0 radical (unpaired) electrons. The lowest BCUT2D eigenvalue weighted by atomic mass is 9.84. The van der Waals surface area contributed by atoms with E-state index in [1.807, 2.05) is 36.4 Å². The summed E-state index contributed by atoms with van der Waals surface area (Å²) in [7, 11) is -3.30. The predicted molar refractivity (Wildman–Crippen MR) is 123 cm³/mol. The molecular weight excluding hydrogens is 398 g/mol. The van der Waals surface area contributed by atoms with E-state index in [0.717, 1.165) is 28.5 Å². The minimum Gasteiger partial charge on any atom is -0.284 e. The third kappa shape index (κ3) is 5.67. The molecule has 0 aliphatic carbocycles. The average molecular weight is 424 g/mol. The van der Waals surface area contributed by atoms with E-state index in [-0.39, 0.29) is 11.0 Å². The smallest absolute Gasteiger partial charge is 0.272 e. The maximum atomic E-state index is 12.2. The number of aromatic nitrogens is 2. The summed E-state index contributed by atoms with van der Waals surface area (Å²) in [4.78, 5) is 12.2. The third-order valence-electron chi connectivity index (χ3n) is 4.54. The second-order valence-corrected chi connectivity index (χ2v) is 9.97. The van der Waals surface area contributed by atoms with Crippen molar-refractivity contribution in [1.29, 1.82) is 0 Å². The average Bonchev–Trinajstić information content (AvgIpc) is 2.66. The van der Waals surface area contributed by atoms with Crippen LogP contribution in [-0.4, -0.2) is 24.9 Å². The molecular formula is C23H25N3O3S. The first-order valence-electron chi connectivity index (χ1n) is 9.47. The van der Waals surface area contributed by atoms with Crippen LogP contribution in [-0.2, 0) is 15.4 Å². The van der Waals surface area contributed by atoms with Gasteiger partial charge in [0.05, 0.1) is 11.8 Å². The number of hydrogen-bond acceptors (Lipinski definition) is 4. The molecule has 0 bridgehead atoms. The van der Waals surface area contributed by atoms with Gasteiger partial charge in [0.15, 0.2) is 0 Å². The number of sulfonamides is 1. The normalized spacial score (nSPS) is 12.3. The first kappa shape index (κ1) is 21.5. The highest BCUT2D eigenvalue weighted by atomic mass is 32.2. The van der Waals surface area contributed by atoms with Crippen molar-refractivity contribution in [3.8, 4) is 11.1 Å². The quantitative estimate of drug-likeness (QED) is 0.599. The summed E-state index contributed by atoms with van der Waals surface area (Å²) in [5.41, 5.74) is 4.61. The maximum absolute atomic E-state index is 12.2. The van der Waals surface area contributed by atoms with Gasteiger partial charge in [0, 0.05) is 11.9 Å². The van der Waals surface area contributed by atoms with Crippen molar-refractivity contribution in [2.75, 3.05) is 11.0 Å². The van der Waals surface area contributed by atoms with E-state index < -0.39 is 10.0 Å². The van der Waals surface area contributed by atoms with Crippen LogP contribution in [0.25, 0.3) is 23.3 Å². The van der Waals surface area contributed by atoms with Crippen molar-refractivity contribution in [2.24, 2.45) is 0 Å². The van der Waals surface area contributed by atoms with Gasteiger partial charge in [-0.15, -0.1) is 0 Å². The lowest BCUT2D eigenvalue weighted by molar-refractivity contribution is 0.590. The molecule has 2 aromatic carbocycles. The molecule has 7 heteroatoms. The number of H-pyrrole nitrogens is 1. The van der Waals surface area contributed by atoms with E-state index in [0.29, 0.717) is 11.3 Å². The Morgan fingerprint density at radius 2 is 1.63 bits per heavy atom. The van der Waals surface area contributed by atoms with Gasteiger partial charge in [-0.25, -0.2) is 13.5 Å². The molecule has 0 saturated heterocycles. The molecule has 3 rings (SSSR count). The molecule has 0 atom stereocenters. The van der Waals surface area contributed by atoms with Gasteiger partial charge in [-0.1, -0.05) is 57.2 Å². The summed E-state index contributed by atoms with van der Waals surface area (Å²) in [5, 5.41) is 6.26. The van der Waals surface area contributed by atoms with Gasteiger partial charge in [-0.05, 0) is 51.9 Å². The SMILES string of the molecule is CC(C)(C)c1cc(C=Cc2ccc(NS(C)(=O)=O)cc2)cc(-c2ccn[nH]c2=O)c1. The zero-order chi connectivity index (χ0) is 21.9. The first-order valence-corrected chi connectivity index (χ1v) is 11.4. The van der Waals surface area contributed by atoms with Gasteiger partial charge in [0.2, 0.25) is 10.0 Å². The summed E-state index contributed by atoms with van der Waals surface area (Å²) in [6, 6.07) is 14.9. The molecule has 6 nitrogen and oxygen atoms in total. The lowest BCUT2D eigenvalue weighted by Crippen LogP contribution is -2.13. The zero-order valence-corrected chi connectivity index (χ0v) is 18.2. The molecule has 0 amide bonds. The van der Waals surface area contributed by atoms with E-state index in [9.17, 15) is 13.2 Å². The predicted octanol–water partition coefficient (Wildman–Crippen LogP) is 4.28. The van der Waals surface area contributed by atoms with Crippen LogP contribution in [0.1, 0.15) is 37.5 Å². The zero-order valence-electron chi connectivity index (χ0n) is 17.4. The fraction of sp³-hybridized carbons (Fsp3) is 0.217. The Bertz CT molecular complexity index is 1240. The number of hydrogen-bond donors (Lipinski definition) is 2. The van der Waals surface area contributed by atoms with Crippen molar-refractivity contribution >= 4 is 27.9 Å². The second-order valence-electron chi connectivity index (χ2n) is 8.22. The molecule has 0 aliphatic heterocycles. The number of rotatable bonds is 5. The summed E-state index contributed by atoms with van der Waals surface area (Å²) in [5.74, 6) is 0. The number of nitrogens with one attached hydrogen (secondary N) is 2. The molecule has 156 valence electrons. The number of nitrogens with zero attached hydrogens (tertiary/aromatic N) is 1. The molecule has 0 saturated carbocycles. The Labute approximate surface area is 176 Å². The van der Waals surface area contributed by atoms with Crippen LogP contribution in [0, 0.1) is 0 Å². The van der Waals surface area contributed by atoms with Gasteiger partial charge in [0.25, 0.3) is 5.56 Å². The van der Waals surface area contributed by atoms with Crippen LogP contribution in [0.15, 0.2) is 59.5 Å². The number of benzene rings is 2. The van der Waals surface area contributed by atoms with E-state index in [4.69, 9.17) is 0 Å². The van der Waals surface area contributed by atoms with Crippen LogP contribution in [0.5, 0.6) is 0 Å². The Morgan fingerprint density at radius 3 is 2.23 bits per heavy atom. The van der Waals surface area contributed by atoms with Crippen molar-refractivity contribution < 1.29 is 8.42 Å². The minimum atomic E-state index is -3.30. The molecule has 30 heavy (non-hydrogen) atoms. The minimum absolute atomic E-state index is 0.0860. The van der Waals surface area contributed by atoms with Crippen molar-refractivity contribution in [3.05, 3.63) is 81.8 Å². The van der Waals surface area contributed by atoms with Gasteiger partial charge >= 0.3 is 0 Å². The second kappa shape index (κ2) is 8.28. The Morgan fingerprint density at radius 1 is 0.967 bits per heavy atom. The molecule has 0 unspecified atom stereocenters. The molecule has 3 aromatic rings. The van der Waals surface area contributed by atoms with Crippen LogP contribution in [0.3, 0.4) is 0 Å². The summed E-state index contributed by atoms with van der Waals surface area (Å²) >= 11 is 0. The molecule has 1 heterocycles. The number of aromatic amines is 1. The summed E-state index contributed by atoms with van der Waals surface area (Å²) < 4.78 is 25.1. The standard InChI is InChI=1S/C23H25N3O3S/c1-23(2,3)19-14-17(13-18(15-19)21-11-12-24-25-22(21)27)6-5-16-7-9-20(10-8-16)26-30(4,28)29/h5-15,26H,1-4H3,(H,25,27). The number of anilines is 1. The highest BCUT2D eigenvalue weighted by molar-refractivity contribution is 7.92. The van der Waals surface area contributed by atoms with Crippen LogP contribution < -0.4 is 10.3 Å². The van der Waals surface area contributed by atoms with Crippen molar-refractivity contribution in [2.45, 2.75) is 26.2 Å². The summed E-state index contributed by atoms with van der Waals surface area (Å²) in [6.07, 6.45) is 6.62. The largest absolute Gasteiger partial charge is 0.284 e. The Balaban J connectivity index is 1.96. The lowest BCUT2D eigenvalue weighted by Gasteiger charge is -2.21. The van der Waals surface area contributed by atoms with Crippen LogP contribution in [0.4, 0.5) is 5.69 Å². The topological polar surface area (TPSA) is 91.9 Å². The Hall–Kier alpha value is -3.19. The monoisotopic (exact) mass is 423 g/mol. The van der Waals surface area contributed by atoms with E-state index in [1.54, 1.807) is 24.4 Å².